The summed E-state index contributed by atoms with van der Waals surface area (Å²) in [6.07, 6.45) is 14.7. The van der Waals surface area contributed by atoms with Crippen molar-refractivity contribution in [3.63, 3.8) is 0 Å². The molecule has 73 heavy (non-hydrogen) atoms. The number of hydrogen-bond donors (Lipinski definition) is 0. The van der Waals surface area contributed by atoms with Crippen LogP contribution in [0.2, 0.25) is 0 Å². The first kappa shape index (κ1) is 41.9. The van der Waals surface area contributed by atoms with Crippen LogP contribution in [0.1, 0.15) is 110 Å². The fourth-order valence-electron chi connectivity index (χ4n) is 16.3. The molecule has 10 aromatic rings. The molecule has 0 unspecified atom stereocenters. The molecule has 0 aliphatic heterocycles. The lowest BCUT2D eigenvalue weighted by molar-refractivity contribution is 0.550. The summed E-state index contributed by atoms with van der Waals surface area (Å²) in [5, 5.41) is 5.34. The third-order valence-electron chi connectivity index (χ3n) is 19.2. The van der Waals surface area contributed by atoms with Crippen LogP contribution in [-0.2, 0) is 16.2 Å². The van der Waals surface area contributed by atoms with Crippen molar-refractivity contribution in [2.75, 3.05) is 9.80 Å². The van der Waals surface area contributed by atoms with Crippen LogP contribution in [0, 0.1) is 0 Å². The van der Waals surface area contributed by atoms with Crippen LogP contribution in [-0.4, -0.2) is 0 Å². The van der Waals surface area contributed by atoms with Gasteiger partial charge in [0.15, 0.2) is 0 Å². The SMILES string of the molecule is c1ccc(N(c2ccc3c(c2)C2(CCCC2)c2cc(N(c4ccccc4)c4cc5c(c6ccccc46)-c4ccccc4C54CCCC4)ccc2-3)c2cc3c(c4ccccc24)-c2ccccc2C32CCCC2)cc1. The van der Waals surface area contributed by atoms with Crippen LogP contribution in [0.4, 0.5) is 34.1 Å². The molecule has 2 heteroatoms. The standard InChI is InChI=1S/C71H58N2/c1-3-21-47(22-4-1)72(65-45-63-67(55-27-9-7-25-53(55)65)57-29-11-13-31-59(57)69(63)37-15-16-38-69)49-33-35-51-52-36-34-50(44-62(52)71(61(51)43-49)41-19-20-42-71)73(48-23-5-2-6-24-48)66-46-64-68(56-28-10-8-26-54(56)66)58-30-12-14-32-60(58)70(64)39-17-18-40-70/h1-14,21-36,43-46H,15-20,37-42H2. The minimum atomic E-state index is -0.0769. The van der Waals surface area contributed by atoms with Crippen molar-refractivity contribution in [2.24, 2.45) is 0 Å². The Morgan fingerprint density at radius 1 is 0.247 bits per heavy atom. The van der Waals surface area contributed by atoms with E-state index in [1.165, 1.54) is 187 Å². The van der Waals surface area contributed by atoms with E-state index in [-0.39, 0.29) is 16.2 Å². The van der Waals surface area contributed by atoms with Crippen molar-refractivity contribution in [1.29, 1.82) is 0 Å². The third kappa shape index (κ3) is 5.70. The summed E-state index contributed by atoms with van der Waals surface area (Å²) in [5.74, 6) is 0. The van der Waals surface area contributed by atoms with Gasteiger partial charge >= 0.3 is 0 Å². The molecule has 0 radical (unpaired) electrons. The van der Waals surface area contributed by atoms with Crippen molar-refractivity contribution in [2.45, 2.75) is 93.3 Å². The van der Waals surface area contributed by atoms with E-state index in [2.05, 4.69) is 216 Å². The molecular weight excluding hydrogens is 881 g/mol. The van der Waals surface area contributed by atoms with Crippen molar-refractivity contribution < 1.29 is 0 Å². The Labute approximate surface area is 429 Å². The average molecular weight is 939 g/mol. The largest absolute Gasteiger partial charge is 0.310 e. The number of hydrogen-bond acceptors (Lipinski definition) is 2. The molecule has 10 aromatic carbocycles. The predicted molar refractivity (Wildman–Crippen MR) is 305 cm³/mol. The highest BCUT2D eigenvalue weighted by Crippen LogP contribution is 2.64. The fraction of sp³-hybridized carbons (Fsp3) is 0.211. The Balaban J connectivity index is 0.878. The molecule has 0 saturated heterocycles. The van der Waals surface area contributed by atoms with E-state index in [0.717, 1.165) is 12.8 Å². The van der Waals surface area contributed by atoms with Gasteiger partial charge in [-0.25, -0.2) is 0 Å². The zero-order valence-electron chi connectivity index (χ0n) is 41.5. The van der Waals surface area contributed by atoms with E-state index in [1.807, 2.05) is 0 Å². The van der Waals surface area contributed by atoms with Gasteiger partial charge in [0, 0.05) is 49.8 Å². The van der Waals surface area contributed by atoms with Crippen LogP contribution in [0.5, 0.6) is 0 Å². The van der Waals surface area contributed by atoms with Crippen molar-refractivity contribution >= 4 is 55.7 Å². The molecule has 6 aliphatic carbocycles. The van der Waals surface area contributed by atoms with Crippen molar-refractivity contribution in [1.82, 2.24) is 0 Å². The number of nitrogens with zero attached hydrogens (tertiary/aromatic N) is 2. The highest BCUT2D eigenvalue weighted by molar-refractivity contribution is 6.12. The van der Waals surface area contributed by atoms with Crippen molar-refractivity contribution in [3.8, 4) is 33.4 Å². The molecule has 0 N–H and O–H groups in total. The summed E-state index contributed by atoms with van der Waals surface area (Å²) >= 11 is 0. The molecule has 352 valence electrons. The lowest BCUT2D eigenvalue weighted by Crippen LogP contribution is -2.22. The summed E-state index contributed by atoms with van der Waals surface area (Å²) < 4.78 is 0. The van der Waals surface area contributed by atoms with Crippen molar-refractivity contribution in [3.05, 3.63) is 240 Å². The summed E-state index contributed by atoms with van der Waals surface area (Å²) in [6.45, 7) is 0. The molecule has 0 heterocycles. The first-order valence-corrected chi connectivity index (χ1v) is 27.5. The highest BCUT2D eigenvalue weighted by atomic mass is 15.2. The first-order chi connectivity index (χ1) is 36.2. The zero-order chi connectivity index (χ0) is 47.9. The monoisotopic (exact) mass is 938 g/mol. The zero-order valence-corrected chi connectivity index (χ0v) is 41.5. The second-order valence-corrected chi connectivity index (χ2v) is 22.5. The molecule has 0 atom stereocenters. The molecule has 3 fully saturated rings. The maximum absolute atomic E-state index is 2.63. The molecule has 2 nitrogen and oxygen atoms in total. The Morgan fingerprint density at radius 2 is 0.589 bits per heavy atom. The summed E-state index contributed by atoms with van der Waals surface area (Å²) in [4.78, 5) is 5.22. The second kappa shape index (κ2) is 15.7. The molecule has 3 spiro atoms. The van der Waals surface area contributed by atoms with Crippen LogP contribution in [0.3, 0.4) is 0 Å². The van der Waals surface area contributed by atoms with Crippen LogP contribution in [0.25, 0.3) is 54.9 Å². The lowest BCUT2D eigenvalue weighted by Gasteiger charge is -2.33. The molecule has 0 amide bonds. The van der Waals surface area contributed by atoms with Gasteiger partial charge in [-0.05, 0) is 177 Å². The summed E-state index contributed by atoms with van der Waals surface area (Å²) in [7, 11) is 0. The normalized spacial score (nSPS) is 17.5. The van der Waals surface area contributed by atoms with Gasteiger partial charge in [0.25, 0.3) is 0 Å². The maximum atomic E-state index is 2.63. The topological polar surface area (TPSA) is 6.48 Å². The first-order valence-electron chi connectivity index (χ1n) is 27.5. The second-order valence-electron chi connectivity index (χ2n) is 22.5. The highest BCUT2D eigenvalue weighted by Gasteiger charge is 2.49. The van der Waals surface area contributed by atoms with Gasteiger partial charge in [-0.1, -0.05) is 184 Å². The van der Waals surface area contributed by atoms with Gasteiger partial charge in [-0.2, -0.15) is 0 Å². The summed E-state index contributed by atoms with van der Waals surface area (Å²) in [5.41, 5.74) is 25.2. The van der Waals surface area contributed by atoms with Gasteiger partial charge in [0.05, 0.1) is 11.4 Å². The van der Waals surface area contributed by atoms with Gasteiger partial charge in [0.1, 0.15) is 0 Å². The molecule has 0 aromatic heterocycles. The minimum absolute atomic E-state index is 0.0564. The smallest absolute Gasteiger partial charge is 0.0543 e. The van der Waals surface area contributed by atoms with E-state index in [9.17, 15) is 0 Å². The molecule has 3 saturated carbocycles. The Bertz CT molecular complexity index is 3630. The number of para-hydroxylation sites is 2. The van der Waals surface area contributed by atoms with E-state index < -0.39 is 0 Å². The van der Waals surface area contributed by atoms with Crippen LogP contribution in [0.15, 0.2) is 206 Å². The summed E-state index contributed by atoms with van der Waals surface area (Å²) in [6, 6.07) is 80.0. The molecular formula is C71H58N2. The van der Waals surface area contributed by atoms with Gasteiger partial charge in [0.2, 0.25) is 0 Å². The lowest BCUT2D eigenvalue weighted by atomic mass is 9.76. The quantitative estimate of drug-likeness (QED) is 0.164. The van der Waals surface area contributed by atoms with Gasteiger partial charge in [-0.15, -0.1) is 0 Å². The Hall–Kier alpha value is -7.68. The van der Waals surface area contributed by atoms with E-state index in [1.54, 1.807) is 0 Å². The Morgan fingerprint density at radius 3 is 1.00 bits per heavy atom. The minimum Gasteiger partial charge on any atom is -0.310 e. The number of benzene rings is 10. The molecule has 0 bridgehead atoms. The fourth-order valence-corrected chi connectivity index (χ4v) is 16.3. The van der Waals surface area contributed by atoms with Crippen LogP contribution >= 0.6 is 0 Å². The predicted octanol–water partition coefficient (Wildman–Crippen LogP) is 19.5. The average Bonchev–Trinajstić information content (AvgIpc) is 4.34. The number of fused-ring (bicyclic) bond motifs is 19. The van der Waals surface area contributed by atoms with Crippen LogP contribution < -0.4 is 9.80 Å². The van der Waals surface area contributed by atoms with E-state index >= 15 is 0 Å². The van der Waals surface area contributed by atoms with Gasteiger partial charge < -0.3 is 9.80 Å². The van der Waals surface area contributed by atoms with E-state index in [0.29, 0.717) is 0 Å². The van der Waals surface area contributed by atoms with E-state index in [4.69, 9.17) is 0 Å². The molecule has 6 aliphatic rings. The third-order valence-corrected chi connectivity index (χ3v) is 19.2. The number of anilines is 6. The van der Waals surface area contributed by atoms with Gasteiger partial charge in [-0.3, -0.25) is 0 Å². The maximum Gasteiger partial charge on any atom is 0.0543 e. The Kier molecular flexibility index (Phi) is 8.99. The number of rotatable bonds is 6. The molecule has 16 rings (SSSR count).